The van der Waals surface area contributed by atoms with Crippen LogP contribution in [0, 0.1) is 0 Å². The number of amides is 1. The lowest BCUT2D eigenvalue weighted by Gasteiger charge is -2.07. The first-order chi connectivity index (χ1) is 11.9. The third kappa shape index (κ3) is 5.29. The van der Waals surface area contributed by atoms with Gasteiger partial charge >= 0.3 is 0 Å². The molecule has 0 aliphatic heterocycles. The first-order valence-corrected chi connectivity index (χ1v) is 9.13. The number of phenols is 1. The van der Waals surface area contributed by atoms with Gasteiger partial charge in [0.15, 0.2) is 11.5 Å². The van der Waals surface area contributed by atoms with Crippen LogP contribution in [0.15, 0.2) is 40.3 Å². The molecule has 0 radical (unpaired) electrons. The molecule has 132 valence electrons. The van der Waals surface area contributed by atoms with E-state index in [0.29, 0.717) is 10.6 Å². The largest absolute Gasteiger partial charge is 0.503 e. The van der Waals surface area contributed by atoms with E-state index >= 15 is 0 Å². The second kappa shape index (κ2) is 8.99. The topological polar surface area (TPSA) is 70.9 Å². The van der Waals surface area contributed by atoms with E-state index in [1.54, 1.807) is 30.0 Å². The fraction of sp³-hybridized carbons (Fsp3) is 0.176. The summed E-state index contributed by atoms with van der Waals surface area (Å²) in [6, 6.07) is 8.50. The fourth-order valence-electron chi connectivity index (χ4n) is 2.10. The summed E-state index contributed by atoms with van der Waals surface area (Å²) >= 11 is 13.4. The lowest BCUT2D eigenvalue weighted by molar-refractivity contribution is -0.120. The van der Waals surface area contributed by atoms with Crippen LogP contribution in [0.2, 0.25) is 10.0 Å². The van der Waals surface area contributed by atoms with Crippen molar-refractivity contribution in [3.8, 4) is 11.5 Å². The monoisotopic (exact) mass is 398 g/mol. The van der Waals surface area contributed by atoms with Crippen LogP contribution in [-0.2, 0) is 11.2 Å². The Hall–Kier alpha value is -1.89. The lowest BCUT2D eigenvalue weighted by Crippen LogP contribution is -2.20. The Morgan fingerprint density at radius 1 is 1.36 bits per heavy atom. The van der Waals surface area contributed by atoms with Crippen molar-refractivity contribution in [2.24, 2.45) is 5.10 Å². The number of rotatable bonds is 6. The predicted molar refractivity (Wildman–Crippen MR) is 102 cm³/mol. The predicted octanol–water partition coefficient (Wildman–Crippen LogP) is 4.12. The number of hydrogen-bond donors (Lipinski definition) is 2. The second-order valence-corrected chi connectivity index (χ2v) is 6.67. The lowest BCUT2D eigenvalue weighted by atomic mass is 10.1. The molecular formula is C17H16Cl2N2O3S. The van der Waals surface area contributed by atoms with Gasteiger partial charge in [0.2, 0.25) is 5.91 Å². The van der Waals surface area contributed by atoms with E-state index in [9.17, 15) is 9.90 Å². The number of ether oxygens (including phenoxy) is 1. The Labute approximate surface area is 160 Å². The van der Waals surface area contributed by atoms with Crippen molar-refractivity contribution in [3.63, 3.8) is 0 Å². The number of thioether (sulfide) groups is 1. The number of benzene rings is 2. The Balaban J connectivity index is 2.04. The molecular weight excluding hydrogens is 383 g/mol. The van der Waals surface area contributed by atoms with Crippen molar-refractivity contribution < 1.29 is 14.6 Å². The molecule has 5 nitrogen and oxygen atoms in total. The van der Waals surface area contributed by atoms with E-state index in [0.717, 1.165) is 10.5 Å². The summed E-state index contributed by atoms with van der Waals surface area (Å²) in [4.78, 5) is 13.0. The van der Waals surface area contributed by atoms with Crippen molar-refractivity contribution in [1.29, 1.82) is 0 Å². The molecule has 0 atom stereocenters. The van der Waals surface area contributed by atoms with Gasteiger partial charge in [-0.3, -0.25) is 4.79 Å². The molecule has 1 amide bonds. The quantitative estimate of drug-likeness (QED) is 0.436. The van der Waals surface area contributed by atoms with Gasteiger partial charge in [-0.05, 0) is 47.7 Å². The molecule has 0 aliphatic rings. The highest BCUT2D eigenvalue weighted by molar-refractivity contribution is 7.98. The third-order valence-electron chi connectivity index (χ3n) is 3.27. The smallest absolute Gasteiger partial charge is 0.244 e. The zero-order valence-corrected chi connectivity index (χ0v) is 15.9. The van der Waals surface area contributed by atoms with Crippen LogP contribution in [0.4, 0.5) is 0 Å². The van der Waals surface area contributed by atoms with Crippen LogP contribution in [-0.4, -0.2) is 30.6 Å². The number of nitrogens with zero attached hydrogens (tertiary/aromatic N) is 1. The number of carbonyl (C=O) groups is 1. The first-order valence-electron chi connectivity index (χ1n) is 7.15. The normalized spacial score (nSPS) is 10.9. The van der Waals surface area contributed by atoms with Crippen molar-refractivity contribution in [2.75, 3.05) is 13.4 Å². The van der Waals surface area contributed by atoms with E-state index in [1.807, 2.05) is 12.3 Å². The molecule has 0 fully saturated rings. The summed E-state index contributed by atoms with van der Waals surface area (Å²) in [6.07, 6.45) is 3.51. The molecule has 0 aromatic heterocycles. The number of nitrogens with one attached hydrogen (secondary N) is 1. The van der Waals surface area contributed by atoms with E-state index in [1.165, 1.54) is 19.4 Å². The van der Waals surface area contributed by atoms with Crippen LogP contribution < -0.4 is 10.2 Å². The summed E-state index contributed by atoms with van der Waals surface area (Å²) in [5, 5.41) is 14.3. The number of carbonyl (C=O) groups excluding carboxylic acids is 1. The molecule has 8 heteroatoms. The number of phenolic OH excluding ortho intramolecular Hbond substituents is 1. The van der Waals surface area contributed by atoms with E-state index < -0.39 is 0 Å². The van der Waals surface area contributed by atoms with Crippen molar-refractivity contribution in [2.45, 2.75) is 11.3 Å². The number of hydrazone groups is 1. The zero-order chi connectivity index (χ0) is 18.4. The SMILES string of the molecule is COc1cc(/C=N\NC(=O)Cc2cc(Cl)ccc2SC)cc(Cl)c1O. The third-order valence-corrected chi connectivity index (χ3v) is 4.63. The Morgan fingerprint density at radius 3 is 2.80 bits per heavy atom. The minimum Gasteiger partial charge on any atom is -0.503 e. The highest BCUT2D eigenvalue weighted by Crippen LogP contribution is 2.34. The highest BCUT2D eigenvalue weighted by Gasteiger charge is 2.09. The average molecular weight is 399 g/mol. The molecule has 0 spiro atoms. The van der Waals surface area contributed by atoms with Crippen LogP contribution >= 0.6 is 35.0 Å². The average Bonchev–Trinajstić information content (AvgIpc) is 2.58. The standard InChI is InChI=1S/C17H16Cl2N2O3S/c1-24-14-6-10(5-13(19)17(14)23)9-20-21-16(22)8-11-7-12(18)3-4-15(11)25-2/h3-7,9,23H,8H2,1-2H3,(H,21,22)/b20-9-. The van der Waals surface area contributed by atoms with Gasteiger partial charge in [-0.1, -0.05) is 23.2 Å². The van der Waals surface area contributed by atoms with Gasteiger partial charge in [0, 0.05) is 9.92 Å². The van der Waals surface area contributed by atoms with Gasteiger partial charge < -0.3 is 9.84 Å². The van der Waals surface area contributed by atoms with Gasteiger partial charge in [0.25, 0.3) is 0 Å². The van der Waals surface area contributed by atoms with E-state index in [-0.39, 0.29) is 28.8 Å². The van der Waals surface area contributed by atoms with Crippen molar-refractivity contribution >= 4 is 47.1 Å². The molecule has 0 saturated carbocycles. The molecule has 2 aromatic carbocycles. The van der Waals surface area contributed by atoms with Gasteiger partial charge in [-0.15, -0.1) is 11.8 Å². The Morgan fingerprint density at radius 2 is 2.12 bits per heavy atom. The van der Waals surface area contributed by atoms with Gasteiger partial charge in [0.1, 0.15) is 0 Å². The molecule has 0 bridgehead atoms. The molecule has 0 aliphatic carbocycles. The Kier molecular flexibility index (Phi) is 6.99. The van der Waals surface area contributed by atoms with Crippen LogP contribution in [0.5, 0.6) is 11.5 Å². The molecule has 2 N–H and O–H groups in total. The zero-order valence-electron chi connectivity index (χ0n) is 13.5. The molecule has 0 saturated heterocycles. The summed E-state index contributed by atoms with van der Waals surface area (Å²) in [6.45, 7) is 0. The van der Waals surface area contributed by atoms with Gasteiger partial charge in [0.05, 0.1) is 24.8 Å². The number of aromatic hydroxyl groups is 1. The maximum atomic E-state index is 12.1. The maximum absolute atomic E-state index is 12.1. The first kappa shape index (κ1) is 19.4. The van der Waals surface area contributed by atoms with Gasteiger partial charge in [-0.25, -0.2) is 5.43 Å². The molecule has 0 heterocycles. The number of methoxy groups -OCH3 is 1. The molecule has 25 heavy (non-hydrogen) atoms. The minimum absolute atomic E-state index is 0.135. The minimum atomic E-state index is -0.273. The summed E-state index contributed by atoms with van der Waals surface area (Å²) in [7, 11) is 1.42. The Bertz CT molecular complexity index is 813. The van der Waals surface area contributed by atoms with Gasteiger partial charge in [-0.2, -0.15) is 5.10 Å². The molecule has 2 aromatic rings. The summed E-state index contributed by atoms with van der Waals surface area (Å²) < 4.78 is 5.01. The fourth-order valence-corrected chi connectivity index (χ4v) is 3.11. The summed E-state index contributed by atoms with van der Waals surface area (Å²) in [5.74, 6) is -0.189. The van der Waals surface area contributed by atoms with E-state index in [4.69, 9.17) is 27.9 Å². The van der Waals surface area contributed by atoms with Crippen LogP contribution in [0.3, 0.4) is 0 Å². The van der Waals surface area contributed by atoms with Crippen LogP contribution in [0.25, 0.3) is 0 Å². The van der Waals surface area contributed by atoms with Crippen molar-refractivity contribution in [3.05, 3.63) is 51.5 Å². The maximum Gasteiger partial charge on any atom is 0.244 e. The second-order valence-electron chi connectivity index (χ2n) is 4.98. The number of halogens is 2. The molecule has 2 rings (SSSR count). The summed E-state index contributed by atoms with van der Waals surface area (Å²) in [5.41, 5.74) is 3.87. The molecule has 0 unspecified atom stereocenters. The van der Waals surface area contributed by atoms with Crippen LogP contribution in [0.1, 0.15) is 11.1 Å². The van der Waals surface area contributed by atoms with E-state index in [2.05, 4.69) is 10.5 Å². The number of hydrogen-bond acceptors (Lipinski definition) is 5. The highest BCUT2D eigenvalue weighted by atomic mass is 35.5. The van der Waals surface area contributed by atoms with Crippen molar-refractivity contribution in [1.82, 2.24) is 5.43 Å².